The molecule has 1 atom stereocenters. The maximum atomic E-state index is 12.1. The molecule has 0 N–H and O–H groups in total. The Labute approximate surface area is 138 Å². The quantitative estimate of drug-likeness (QED) is 0.464. The number of ether oxygens (including phenoxy) is 2. The van der Waals surface area contributed by atoms with Gasteiger partial charge in [-0.1, -0.05) is 18.5 Å². The van der Waals surface area contributed by atoms with Crippen molar-refractivity contribution in [3.8, 4) is 11.8 Å². The monoisotopic (exact) mass is 343 g/mol. The SMILES string of the molecule is CCCOC(=O)C(C)(Cl)c1cc(C#N)cc(OC(C)=O)c1Cl. The number of benzene rings is 1. The third-order valence-corrected chi connectivity index (χ3v) is 3.50. The second-order valence-electron chi connectivity index (χ2n) is 4.68. The predicted octanol–water partition coefficient (Wildman–Crippen LogP) is 3.54. The van der Waals surface area contributed by atoms with Crippen molar-refractivity contribution < 1.29 is 19.1 Å². The van der Waals surface area contributed by atoms with Gasteiger partial charge in [0.1, 0.15) is 0 Å². The molecule has 0 spiro atoms. The second-order valence-corrected chi connectivity index (χ2v) is 5.81. The van der Waals surface area contributed by atoms with Crippen LogP contribution < -0.4 is 4.74 Å². The van der Waals surface area contributed by atoms with Crippen LogP contribution in [0, 0.1) is 11.3 Å². The van der Waals surface area contributed by atoms with E-state index in [0.29, 0.717) is 6.42 Å². The molecular formula is C15H15Cl2NO4. The van der Waals surface area contributed by atoms with Gasteiger partial charge >= 0.3 is 11.9 Å². The number of esters is 2. The van der Waals surface area contributed by atoms with Crippen molar-refractivity contribution in [2.75, 3.05) is 6.61 Å². The zero-order valence-corrected chi connectivity index (χ0v) is 13.9. The van der Waals surface area contributed by atoms with E-state index in [1.807, 2.05) is 13.0 Å². The van der Waals surface area contributed by atoms with E-state index in [9.17, 15) is 9.59 Å². The molecule has 0 fully saturated rings. The number of nitrogens with zero attached hydrogens (tertiary/aromatic N) is 1. The lowest BCUT2D eigenvalue weighted by atomic mass is 9.97. The van der Waals surface area contributed by atoms with E-state index in [2.05, 4.69) is 0 Å². The molecule has 0 heterocycles. The van der Waals surface area contributed by atoms with Crippen LogP contribution in [0.4, 0.5) is 0 Å². The molecule has 1 aromatic carbocycles. The lowest BCUT2D eigenvalue weighted by Crippen LogP contribution is -2.29. The summed E-state index contributed by atoms with van der Waals surface area (Å²) in [4.78, 5) is 21.6. The number of halogens is 2. The van der Waals surface area contributed by atoms with Crippen molar-refractivity contribution in [1.29, 1.82) is 5.26 Å². The molecule has 22 heavy (non-hydrogen) atoms. The largest absolute Gasteiger partial charge is 0.464 e. The maximum Gasteiger partial charge on any atom is 0.331 e. The van der Waals surface area contributed by atoms with E-state index >= 15 is 0 Å². The number of rotatable bonds is 5. The van der Waals surface area contributed by atoms with Gasteiger partial charge in [0.2, 0.25) is 0 Å². The Morgan fingerprint density at radius 3 is 2.55 bits per heavy atom. The molecule has 5 nitrogen and oxygen atoms in total. The summed E-state index contributed by atoms with van der Waals surface area (Å²) >= 11 is 12.4. The van der Waals surface area contributed by atoms with Crippen LogP contribution in [0.3, 0.4) is 0 Å². The van der Waals surface area contributed by atoms with Crippen molar-refractivity contribution in [2.24, 2.45) is 0 Å². The zero-order valence-electron chi connectivity index (χ0n) is 12.4. The van der Waals surface area contributed by atoms with Crippen LogP contribution in [-0.4, -0.2) is 18.5 Å². The Hall–Kier alpha value is -1.77. The van der Waals surface area contributed by atoms with Gasteiger partial charge in [-0.2, -0.15) is 5.26 Å². The molecular weight excluding hydrogens is 329 g/mol. The average Bonchev–Trinajstić information content (AvgIpc) is 2.45. The van der Waals surface area contributed by atoms with Crippen molar-refractivity contribution in [3.63, 3.8) is 0 Å². The normalized spacial score (nSPS) is 12.9. The van der Waals surface area contributed by atoms with Gasteiger partial charge in [-0.05, 0) is 19.4 Å². The summed E-state index contributed by atoms with van der Waals surface area (Å²) in [5, 5.41) is 9.05. The van der Waals surface area contributed by atoms with E-state index in [1.54, 1.807) is 0 Å². The molecule has 1 unspecified atom stereocenters. The third-order valence-electron chi connectivity index (χ3n) is 2.75. The Morgan fingerprint density at radius 1 is 1.41 bits per heavy atom. The number of hydrogen-bond donors (Lipinski definition) is 0. The molecule has 1 aromatic rings. The summed E-state index contributed by atoms with van der Waals surface area (Å²) in [5.74, 6) is -1.33. The van der Waals surface area contributed by atoms with Crippen LogP contribution in [0.2, 0.25) is 5.02 Å². The predicted molar refractivity (Wildman–Crippen MR) is 81.9 cm³/mol. The highest BCUT2D eigenvalue weighted by molar-refractivity contribution is 6.38. The van der Waals surface area contributed by atoms with Gasteiger partial charge in [0.05, 0.1) is 23.3 Å². The molecule has 0 amide bonds. The highest BCUT2D eigenvalue weighted by atomic mass is 35.5. The molecule has 0 saturated carbocycles. The topological polar surface area (TPSA) is 76.4 Å². The molecule has 0 radical (unpaired) electrons. The van der Waals surface area contributed by atoms with Crippen LogP contribution in [0.1, 0.15) is 38.3 Å². The molecule has 118 valence electrons. The van der Waals surface area contributed by atoms with Gasteiger partial charge in [-0.3, -0.25) is 4.79 Å². The molecule has 7 heteroatoms. The van der Waals surface area contributed by atoms with Crippen molar-refractivity contribution in [2.45, 2.75) is 32.1 Å². The number of alkyl halides is 1. The molecule has 0 aliphatic rings. The van der Waals surface area contributed by atoms with Crippen molar-refractivity contribution in [3.05, 3.63) is 28.3 Å². The van der Waals surface area contributed by atoms with Crippen LogP contribution in [0.25, 0.3) is 0 Å². The van der Waals surface area contributed by atoms with Crippen LogP contribution >= 0.6 is 23.2 Å². The van der Waals surface area contributed by atoms with E-state index in [0.717, 1.165) is 0 Å². The average molecular weight is 344 g/mol. The summed E-state index contributed by atoms with van der Waals surface area (Å²) in [5.41, 5.74) is 0.304. The summed E-state index contributed by atoms with van der Waals surface area (Å²) in [6.07, 6.45) is 0.642. The minimum atomic E-state index is -1.60. The number of hydrogen-bond acceptors (Lipinski definition) is 5. The zero-order chi connectivity index (χ0) is 16.9. The minimum Gasteiger partial charge on any atom is -0.464 e. The first-order valence-electron chi connectivity index (χ1n) is 6.52. The number of carbonyl (C=O) groups is 2. The number of carbonyl (C=O) groups excluding carboxylic acids is 2. The van der Waals surface area contributed by atoms with Crippen molar-refractivity contribution >= 4 is 35.1 Å². The van der Waals surface area contributed by atoms with Gasteiger partial charge in [0.25, 0.3) is 0 Å². The van der Waals surface area contributed by atoms with E-state index in [-0.39, 0.29) is 28.5 Å². The molecule has 0 aromatic heterocycles. The summed E-state index contributed by atoms with van der Waals surface area (Å²) < 4.78 is 9.99. The standard InChI is InChI=1S/C15H15Cl2NO4/c1-4-5-21-14(20)15(3,17)11-6-10(8-18)7-12(13(11)16)22-9(2)19/h6-7H,4-5H2,1-3H3. The van der Waals surface area contributed by atoms with Gasteiger partial charge in [-0.15, -0.1) is 11.6 Å². The van der Waals surface area contributed by atoms with Gasteiger partial charge in [0, 0.05) is 18.6 Å². The lowest BCUT2D eigenvalue weighted by Gasteiger charge is -2.23. The fourth-order valence-electron chi connectivity index (χ4n) is 1.67. The van der Waals surface area contributed by atoms with Gasteiger partial charge in [0.15, 0.2) is 10.6 Å². The summed E-state index contributed by atoms with van der Waals surface area (Å²) in [6.45, 7) is 4.67. The van der Waals surface area contributed by atoms with E-state index < -0.39 is 16.8 Å². The van der Waals surface area contributed by atoms with E-state index in [4.69, 9.17) is 37.9 Å². The Bertz CT molecular complexity index is 635. The highest BCUT2D eigenvalue weighted by Gasteiger charge is 2.38. The molecule has 1 rings (SSSR count). The van der Waals surface area contributed by atoms with Crippen LogP contribution in [-0.2, 0) is 19.2 Å². The third kappa shape index (κ3) is 4.12. The first-order chi connectivity index (χ1) is 10.2. The molecule has 0 saturated heterocycles. The van der Waals surface area contributed by atoms with Crippen molar-refractivity contribution in [1.82, 2.24) is 0 Å². The lowest BCUT2D eigenvalue weighted by molar-refractivity contribution is -0.146. The Kier molecular flexibility index (Phi) is 6.21. The Morgan fingerprint density at radius 2 is 2.05 bits per heavy atom. The summed E-state index contributed by atoms with van der Waals surface area (Å²) in [6, 6.07) is 4.58. The minimum absolute atomic E-state index is 0.0138. The molecule has 0 aliphatic carbocycles. The molecule has 0 aliphatic heterocycles. The smallest absolute Gasteiger partial charge is 0.331 e. The Balaban J connectivity index is 3.36. The van der Waals surface area contributed by atoms with Crippen LogP contribution in [0.15, 0.2) is 12.1 Å². The maximum absolute atomic E-state index is 12.1. The fourth-order valence-corrected chi connectivity index (χ4v) is 2.26. The fraction of sp³-hybridized carbons (Fsp3) is 0.400. The molecule has 0 bridgehead atoms. The summed E-state index contributed by atoms with van der Waals surface area (Å²) in [7, 11) is 0. The second kappa shape index (κ2) is 7.48. The first kappa shape index (κ1) is 18.3. The number of nitriles is 1. The van der Waals surface area contributed by atoms with Gasteiger partial charge in [-0.25, -0.2) is 4.79 Å². The van der Waals surface area contributed by atoms with Gasteiger partial charge < -0.3 is 9.47 Å². The highest BCUT2D eigenvalue weighted by Crippen LogP contribution is 2.40. The van der Waals surface area contributed by atoms with E-state index in [1.165, 1.54) is 26.0 Å². The van der Waals surface area contributed by atoms with Crippen LogP contribution in [0.5, 0.6) is 5.75 Å². The first-order valence-corrected chi connectivity index (χ1v) is 7.28.